The Morgan fingerprint density at radius 1 is 1.44 bits per heavy atom. The van der Waals surface area contributed by atoms with Crippen molar-refractivity contribution < 1.29 is 17.9 Å². The lowest BCUT2D eigenvalue weighted by Crippen LogP contribution is -2.45. The van der Waals surface area contributed by atoms with Gasteiger partial charge in [0.15, 0.2) is 0 Å². The lowest BCUT2D eigenvalue weighted by Gasteiger charge is -2.14. The van der Waals surface area contributed by atoms with E-state index in [9.17, 15) is 9.00 Å². The zero-order chi connectivity index (χ0) is 13.4. The maximum atomic E-state index is 11.6. The van der Waals surface area contributed by atoms with Gasteiger partial charge in [0.05, 0.1) is 6.61 Å². The van der Waals surface area contributed by atoms with Gasteiger partial charge in [0.25, 0.3) is 11.3 Å². The number of hydrogen-bond donors (Lipinski definition) is 2. The van der Waals surface area contributed by atoms with Gasteiger partial charge in [-0.15, -0.1) is 0 Å². The van der Waals surface area contributed by atoms with Crippen LogP contribution >= 0.6 is 0 Å². The van der Waals surface area contributed by atoms with E-state index in [1.165, 1.54) is 0 Å². The molecule has 0 bridgehead atoms. The Balaban J connectivity index is 2.50. The van der Waals surface area contributed by atoms with Gasteiger partial charge in [-0.1, -0.05) is 18.2 Å². The van der Waals surface area contributed by atoms with Crippen LogP contribution in [0.2, 0.25) is 0 Å². The number of nitrogens with two attached hydrogens (primary N) is 1. The monoisotopic (exact) mass is 272 g/mol. The summed E-state index contributed by atoms with van der Waals surface area (Å²) in [6.45, 7) is 1.90. The second-order valence-corrected chi connectivity index (χ2v) is 4.16. The fraction of sp³-hybridized carbons (Fsp3) is 0.364. The third kappa shape index (κ3) is 4.82. The van der Waals surface area contributed by atoms with Gasteiger partial charge in [-0.25, -0.2) is 0 Å². The summed E-state index contributed by atoms with van der Waals surface area (Å²) >= 11 is -1.86. The van der Waals surface area contributed by atoms with Crippen molar-refractivity contribution >= 4 is 17.2 Å². The first kappa shape index (κ1) is 14.6. The number of carbonyl (C=O) groups is 1. The van der Waals surface area contributed by atoms with E-state index in [1.54, 1.807) is 31.2 Å². The molecule has 0 fully saturated rings. The third-order valence-corrected chi connectivity index (χ3v) is 2.78. The molecule has 0 saturated carbocycles. The fourth-order valence-electron chi connectivity index (χ4n) is 1.14. The lowest BCUT2D eigenvalue weighted by molar-refractivity contribution is -0.144. The molecule has 2 unspecified atom stereocenters. The summed E-state index contributed by atoms with van der Waals surface area (Å²) in [6.07, 6.45) is 0. The fourth-order valence-corrected chi connectivity index (χ4v) is 1.90. The summed E-state index contributed by atoms with van der Waals surface area (Å²) in [4.78, 5) is 11.4. The highest BCUT2D eigenvalue weighted by molar-refractivity contribution is 7.78. The van der Waals surface area contributed by atoms with Gasteiger partial charge in [0.2, 0.25) is 0 Å². The lowest BCUT2D eigenvalue weighted by atomic mass is 10.3. The Kier molecular flexibility index (Phi) is 6.34. The molecule has 0 aliphatic heterocycles. The van der Waals surface area contributed by atoms with Crippen molar-refractivity contribution in [2.75, 3.05) is 13.2 Å². The first-order valence-corrected chi connectivity index (χ1v) is 6.53. The molecule has 0 heterocycles. The Labute approximate surface area is 108 Å². The molecule has 0 aliphatic rings. The van der Waals surface area contributed by atoms with Crippen molar-refractivity contribution in [1.29, 1.82) is 0 Å². The molecule has 6 nitrogen and oxygen atoms in total. The summed E-state index contributed by atoms with van der Waals surface area (Å²) in [5, 5.41) is 0. The summed E-state index contributed by atoms with van der Waals surface area (Å²) in [5.74, 6) is -0.118. The molecule has 1 rings (SSSR count). The number of para-hydroxylation sites is 1. The Bertz CT molecular complexity index is 399. The van der Waals surface area contributed by atoms with Gasteiger partial charge in [-0.05, 0) is 19.1 Å². The van der Waals surface area contributed by atoms with Gasteiger partial charge in [0, 0.05) is 6.54 Å². The number of benzene rings is 1. The molecule has 0 spiro atoms. The number of carbonyl (C=O) groups excluding carboxylic acids is 1. The van der Waals surface area contributed by atoms with Crippen LogP contribution in [-0.4, -0.2) is 29.4 Å². The quantitative estimate of drug-likeness (QED) is 0.688. The number of ether oxygens (including phenoxy) is 1. The van der Waals surface area contributed by atoms with E-state index in [4.69, 9.17) is 14.7 Å². The second-order valence-electron chi connectivity index (χ2n) is 3.29. The first-order chi connectivity index (χ1) is 8.67. The SMILES string of the molecule is CCOC(=O)C(CN)NS(=O)Oc1ccccc1. The molecule has 0 saturated heterocycles. The van der Waals surface area contributed by atoms with Gasteiger partial charge in [0.1, 0.15) is 11.8 Å². The van der Waals surface area contributed by atoms with Crippen LogP contribution in [0.4, 0.5) is 0 Å². The minimum absolute atomic E-state index is 0.0251. The highest BCUT2D eigenvalue weighted by atomic mass is 32.2. The topological polar surface area (TPSA) is 90.6 Å². The standard InChI is InChI=1S/C11H16N2O4S/c1-2-16-11(14)10(8-12)13-18(15)17-9-6-4-3-5-7-9/h3-7,10,13H,2,8,12H2,1H3. The predicted octanol–water partition coefficient (Wildman–Crippen LogP) is 0.124. The van der Waals surface area contributed by atoms with Crippen molar-refractivity contribution in [3.05, 3.63) is 30.3 Å². The van der Waals surface area contributed by atoms with Crippen LogP contribution in [0.15, 0.2) is 30.3 Å². The molecule has 1 aromatic carbocycles. The molecule has 2 atom stereocenters. The average Bonchev–Trinajstić information content (AvgIpc) is 2.37. The average molecular weight is 272 g/mol. The first-order valence-electron chi connectivity index (χ1n) is 5.45. The largest absolute Gasteiger partial charge is 0.465 e. The van der Waals surface area contributed by atoms with Crippen LogP contribution in [0.5, 0.6) is 5.75 Å². The van der Waals surface area contributed by atoms with Crippen LogP contribution < -0.4 is 14.6 Å². The third-order valence-electron chi connectivity index (χ3n) is 1.96. The summed E-state index contributed by atoms with van der Waals surface area (Å²) < 4.78 is 23.9. The van der Waals surface area contributed by atoms with E-state index in [1.807, 2.05) is 6.07 Å². The van der Waals surface area contributed by atoms with E-state index >= 15 is 0 Å². The number of rotatable bonds is 7. The minimum atomic E-state index is -1.86. The summed E-state index contributed by atoms with van der Waals surface area (Å²) in [5.41, 5.74) is 5.39. The molecule has 100 valence electrons. The normalized spacial score (nSPS) is 13.7. The van der Waals surface area contributed by atoms with Crippen molar-refractivity contribution in [1.82, 2.24) is 4.72 Å². The molecular formula is C11H16N2O4S. The van der Waals surface area contributed by atoms with Crippen molar-refractivity contribution in [2.45, 2.75) is 13.0 Å². The molecule has 18 heavy (non-hydrogen) atoms. The van der Waals surface area contributed by atoms with Crippen LogP contribution in [0.3, 0.4) is 0 Å². The zero-order valence-electron chi connectivity index (χ0n) is 10.00. The maximum absolute atomic E-state index is 11.6. The van der Waals surface area contributed by atoms with Gasteiger partial charge >= 0.3 is 5.97 Å². The molecule has 3 N–H and O–H groups in total. The highest BCUT2D eigenvalue weighted by Gasteiger charge is 2.20. The van der Waals surface area contributed by atoms with E-state index in [-0.39, 0.29) is 13.2 Å². The smallest absolute Gasteiger partial charge is 0.325 e. The molecule has 0 aromatic heterocycles. The number of nitrogens with one attached hydrogen (secondary N) is 1. The Morgan fingerprint density at radius 2 is 2.11 bits per heavy atom. The molecule has 0 radical (unpaired) electrons. The Hall–Kier alpha value is -1.44. The molecule has 0 aliphatic carbocycles. The maximum Gasteiger partial charge on any atom is 0.325 e. The van der Waals surface area contributed by atoms with E-state index in [2.05, 4.69) is 4.72 Å². The second kappa shape index (κ2) is 7.80. The molecule has 1 aromatic rings. The highest BCUT2D eigenvalue weighted by Crippen LogP contribution is 2.09. The van der Waals surface area contributed by atoms with Gasteiger partial charge < -0.3 is 14.7 Å². The van der Waals surface area contributed by atoms with Gasteiger partial charge in [-0.2, -0.15) is 8.93 Å². The summed E-state index contributed by atoms with van der Waals surface area (Å²) in [6, 6.07) is 7.76. The van der Waals surface area contributed by atoms with Gasteiger partial charge in [-0.3, -0.25) is 4.79 Å². The zero-order valence-corrected chi connectivity index (χ0v) is 10.8. The van der Waals surface area contributed by atoms with E-state index < -0.39 is 23.3 Å². The Morgan fingerprint density at radius 3 is 2.67 bits per heavy atom. The van der Waals surface area contributed by atoms with Crippen molar-refractivity contribution in [3.8, 4) is 5.75 Å². The number of hydrogen-bond acceptors (Lipinski definition) is 5. The van der Waals surface area contributed by atoms with Crippen LogP contribution in [0, 0.1) is 0 Å². The van der Waals surface area contributed by atoms with Crippen molar-refractivity contribution in [2.24, 2.45) is 5.73 Å². The summed E-state index contributed by atoms with van der Waals surface area (Å²) in [7, 11) is 0. The molecular weight excluding hydrogens is 256 g/mol. The minimum Gasteiger partial charge on any atom is -0.465 e. The van der Waals surface area contributed by atoms with E-state index in [0.29, 0.717) is 5.75 Å². The van der Waals surface area contributed by atoms with Crippen LogP contribution in [-0.2, 0) is 20.8 Å². The van der Waals surface area contributed by atoms with Crippen molar-refractivity contribution in [3.63, 3.8) is 0 Å². The predicted molar refractivity (Wildman–Crippen MR) is 67.8 cm³/mol. The van der Waals surface area contributed by atoms with E-state index in [0.717, 1.165) is 0 Å². The van der Waals surface area contributed by atoms with Crippen LogP contribution in [0.25, 0.3) is 0 Å². The number of esters is 1. The van der Waals surface area contributed by atoms with Crippen LogP contribution in [0.1, 0.15) is 6.92 Å². The molecule has 0 amide bonds. The molecule has 7 heteroatoms.